The zero-order valence-corrected chi connectivity index (χ0v) is 11.4. The van der Waals surface area contributed by atoms with Crippen LogP contribution in [0.4, 0.5) is 4.39 Å². The van der Waals surface area contributed by atoms with Crippen molar-refractivity contribution in [3.05, 3.63) is 12.7 Å². The minimum Gasteiger partial charge on any atom is -0.293 e. The summed E-state index contributed by atoms with van der Waals surface area (Å²) in [4.78, 5) is 4.21. The Hall–Kier alpha value is -0.660. The predicted molar refractivity (Wildman–Crippen MR) is 73.3 cm³/mol. The summed E-state index contributed by atoms with van der Waals surface area (Å²) in [7, 11) is 0. The summed E-state index contributed by atoms with van der Waals surface area (Å²) in [5.74, 6) is 1.49. The van der Waals surface area contributed by atoms with E-state index in [-0.39, 0.29) is 11.8 Å². The van der Waals surface area contributed by atoms with Crippen molar-refractivity contribution in [1.82, 2.24) is 0 Å². The molecule has 0 radical (unpaired) electrons. The summed E-state index contributed by atoms with van der Waals surface area (Å²) in [6.07, 6.45) is 5.94. The van der Waals surface area contributed by atoms with Crippen LogP contribution >= 0.6 is 0 Å². The first-order valence-electron chi connectivity index (χ1n) is 6.86. The number of hydrogen-bond acceptors (Lipinski definition) is 1. The molecule has 1 saturated carbocycles. The molecule has 1 aliphatic carbocycles. The van der Waals surface area contributed by atoms with Gasteiger partial charge in [-0.1, -0.05) is 39.8 Å². The Morgan fingerprint density at radius 1 is 1.47 bits per heavy atom. The molecule has 4 unspecified atom stereocenters. The quantitative estimate of drug-likeness (QED) is 0.635. The van der Waals surface area contributed by atoms with Gasteiger partial charge in [0.2, 0.25) is 0 Å². The van der Waals surface area contributed by atoms with Crippen molar-refractivity contribution in [3.8, 4) is 0 Å². The van der Waals surface area contributed by atoms with Gasteiger partial charge in [-0.2, -0.15) is 0 Å². The first-order chi connectivity index (χ1) is 8.11. The average Bonchev–Trinajstić information content (AvgIpc) is 2.34. The van der Waals surface area contributed by atoms with E-state index in [0.717, 1.165) is 19.3 Å². The van der Waals surface area contributed by atoms with Crippen LogP contribution in [0.5, 0.6) is 0 Å². The van der Waals surface area contributed by atoms with Gasteiger partial charge in [-0.05, 0) is 30.6 Å². The fraction of sp³-hybridized carbons (Fsp3) is 0.800. The second kappa shape index (κ2) is 6.93. The Bertz CT molecular complexity index is 262. The van der Waals surface area contributed by atoms with E-state index in [0.29, 0.717) is 18.4 Å². The van der Waals surface area contributed by atoms with Gasteiger partial charge in [-0.15, -0.1) is 0 Å². The van der Waals surface area contributed by atoms with Gasteiger partial charge in [0.1, 0.15) is 6.17 Å². The van der Waals surface area contributed by atoms with Crippen molar-refractivity contribution < 1.29 is 4.39 Å². The van der Waals surface area contributed by atoms with Crippen LogP contribution < -0.4 is 0 Å². The highest BCUT2D eigenvalue weighted by Gasteiger charge is 2.38. The van der Waals surface area contributed by atoms with Crippen molar-refractivity contribution in [2.45, 2.75) is 46.2 Å². The zero-order chi connectivity index (χ0) is 12.8. The van der Waals surface area contributed by atoms with Crippen LogP contribution in [-0.2, 0) is 0 Å². The summed E-state index contributed by atoms with van der Waals surface area (Å²) in [5, 5.41) is 0. The summed E-state index contributed by atoms with van der Waals surface area (Å²) in [6.45, 7) is 10.7. The molecule has 1 fully saturated rings. The highest BCUT2D eigenvalue weighted by molar-refractivity contribution is 5.69. The van der Waals surface area contributed by atoms with Crippen LogP contribution in [0.1, 0.15) is 40.0 Å². The zero-order valence-electron chi connectivity index (χ0n) is 11.4. The Balaban J connectivity index is 2.55. The first kappa shape index (κ1) is 14.4. The van der Waals surface area contributed by atoms with Gasteiger partial charge >= 0.3 is 0 Å². The molecule has 0 amide bonds. The molecule has 0 aromatic rings. The maximum atomic E-state index is 14.3. The number of allylic oxidation sites excluding steroid dienone is 1. The molecule has 17 heavy (non-hydrogen) atoms. The number of halogens is 1. The molecular weight excluding hydrogens is 213 g/mol. The van der Waals surface area contributed by atoms with Crippen LogP contribution in [0.3, 0.4) is 0 Å². The molecule has 0 N–H and O–H groups in total. The molecule has 1 rings (SSSR count). The molecule has 98 valence electrons. The summed E-state index contributed by atoms with van der Waals surface area (Å²) in [6, 6.07) is 0. The predicted octanol–water partition coefficient (Wildman–Crippen LogP) is 4.29. The first-order valence-corrected chi connectivity index (χ1v) is 6.86. The van der Waals surface area contributed by atoms with Crippen LogP contribution in [0, 0.1) is 23.7 Å². The monoisotopic (exact) mass is 239 g/mol. The highest BCUT2D eigenvalue weighted by atomic mass is 19.1. The third-order valence-electron chi connectivity index (χ3n) is 4.42. The number of hydrogen-bond donors (Lipinski definition) is 0. The fourth-order valence-electron chi connectivity index (χ4n) is 3.06. The Morgan fingerprint density at radius 3 is 2.76 bits per heavy atom. The molecule has 2 heteroatoms. The molecule has 5 atom stereocenters. The highest BCUT2D eigenvalue weighted by Crippen LogP contribution is 2.40. The van der Waals surface area contributed by atoms with Crippen molar-refractivity contribution in [2.75, 3.05) is 6.54 Å². The van der Waals surface area contributed by atoms with Crippen molar-refractivity contribution >= 4 is 6.21 Å². The minimum atomic E-state index is -0.690. The van der Waals surface area contributed by atoms with Gasteiger partial charge in [-0.3, -0.25) is 4.99 Å². The van der Waals surface area contributed by atoms with Crippen LogP contribution in [0.2, 0.25) is 0 Å². The van der Waals surface area contributed by atoms with Crippen molar-refractivity contribution in [3.63, 3.8) is 0 Å². The largest absolute Gasteiger partial charge is 0.293 e. The lowest BCUT2D eigenvalue weighted by Gasteiger charge is -2.39. The molecule has 0 bridgehead atoms. The summed E-state index contributed by atoms with van der Waals surface area (Å²) >= 11 is 0. The smallest absolute Gasteiger partial charge is 0.107 e. The van der Waals surface area contributed by atoms with E-state index in [4.69, 9.17) is 0 Å². The van der Waals surface area contributed by atoms with Gasteiger partial charge in [0, 0.05) is 18.7 Å². The lowest BCUT2D eigenvalue weighted by molar-refractivity contribution is 0.0408. The lowest BCUT2D eigenvalue weighted by atomic mass is 9.68. The fourth-order valence-corrected chi connectivity index (χ4v) is 3.06. The van der Waals surface area contributed by atoms with Crippen LogP contribution in [0.15, 0.2) is 17.6 Å². The van der Waals surface area contributed by atoms with Gasteiger partial charge in [0.15, 0.2) is 0 Å². The summed E-state index contributed by atoms with van der Waals surface area (Å²) < 4.78 is 14.3. The molecule has 1 nitrogen and oxygen atoms in total. The van der Waals surface area contributed by atoms with Gasteiger partial charge < -0.3 is 0 Å². The second-order valence-electron chi connectivity index (χ2n) is 5.44. The second-order valence-corrected chi connectivity index (χ2v) is 5.44. The van der Waals surface area contributed by atoms with Crippen molar-refractivity contribution in [2.24, 2.45) is 28.7 Å². The number of aliphatic imine (C=N–C) groups is 1. The molecular formula is C15H26FN. The molecule has 0 aromatic heterocycles. The van der Waals surface area contributed by atoms with E-state index in [1.807, 2.05) is 0 Å². The lowest BCUT2D eigenvalue weighted by Crippen LogP contribution is -2.38. The van der Waals surface area contributed by atoms with Crippen LogP contribution in [0.25, 0.3) is 0 Å². The molecule has 1 aliphatic rings. The normalized spacial score (nSPS) is 36.0. The molecule has 0 spiro atoms. The maximum Gasteiger partial charge on any atom is 0.107 e. The standard InChI is InChI=1S/C15H26FN/c1-5-9-17-10-13-7-8-14(11(3)6-2)12(4)15(13)16/h5,9,11-15H,1,6-8,10H2,2-4H3/b17-9-/t11?,12?,13?,14?,15-/m1/s1. The number of alkyl halides is 1. The maximum absolute atomic E-state index is 14.3. The third-order valence-corrected chi connectivity index (χ3v) is 4.42. The number of nitrogens with zero attached hydrogens (tertiary/aromatic N) is 1. The topological polar surface area (TPSA) is 12.4 Å². The SMILES string of the molecule is C=C/C=N\CC1CCC(C(C)CC)C(C)[C@H]1F. The molecule has 0 heterocycles. The minimum absolute atomic E-state index is 0.113. The average molecular weight is 239 g/mol. The Labute approximate surface area is 105 Å². The molecule has 0 aliphatic heterocycles. The third kappa shape index (κ3) is 3.65. The van der Waals surface area contributed by atoms with E-state index in [1.54, 1.807) is 12.3 Å². The Kier molecular flexibility index (Phi) is 5.87. The van der Waals surface area contributed by atoms with Gasteiger partial charge in [0.25, 0.3) is 0 Å². The van der Waals surface area contributed by atoms with Crippen LogP contribution in [-0.4, -0.2) is 18.9 Å². The molecule has 0 aromatic carbocycles. The molecule has 0 saturated heterocycles. The number of rotatable bonds is 5. The van der Waals surface area contributed by atoms with E-state index in [2.05, 4.69) is 32.3 Å². The van der Waals surface area contributed by atoms with Gasteiger partial charge in [0.05, 0.1) is 0 Å². The van der Waals surface area contributed by atoms with Gasteiger partial charge in [-0.25, -0.2) is 4.39 Å². The Morgan fingerprint density at radius 2 is 2.18 bits per heavy atom. The van der Waals surface area contributed by atoms with Crippen molar-refractivity contribution in [1.29, 1.82) is 0 Å². The summed E-state index contributed by atoms with van der Waals surface area (Å²) in [5.41, 5.74) is 0. The van der Waals surface area contributed by atoms with E-state index in [1.165, 1.54) is 0 Å². The van der Waals surface area contributed by atoms with E-state index >= 15 is 0 Å². The van der Waals surface area contributed by atoms with E-state index in [9.17, 15) is 4.39 Å². The van der Waals surface area contributed by atoms with E-state index < -0.39 is 6.17 Å².